The van der Waals surface area contributed by atoms with Crippen LogP contribution in [-0.4, -0.2) is 32.8 Å². The van der Waals surface area contributed by atoms with Crippen LogP contribution in [0.25, 0.3) is 5.69 Å². The first-order chi connectivity index (χ1) is 13.3. The Kier molecular flexibility index (Phi) is 4.32. The molecular weight excluding hydrogens is 358 g/mol. The average Bonchev–Trinajstić information content (AvgIpc) is 3.04. The lowest BCUT2D eigenvalue weighted by Crippen LogP contribution is -2.34. The molecule has 1 fully saturated rings. The van der Waals surface area contributed by atoms with E-state index in [0.29, 0.717) is 5.92 Å². The lowest BCUT2D eigenvalue weighted by atomic mass is 9.95. The van der Waals surface area contributed by atoms with Crippen molar-refractivity contribution in [2.45, 2.75) is 38.0 Å². The van der Waals surface area contributed by atoms with E-state index in [4.69, 9.17) is 11.6 Å². The predicted octanol–water partition coefficient (Wildman–Crippen LogP) is 4.19. The predicted molar refractivity (Wildman–Crippen MR) is 107 cm³/mol. The fraction of sp³-hybridized carbons (Fsp3) is 0.381. The minimum atomic E-state index is 0.413. The molecule has 4 heterocycles. The summed E-state index contributed by atoms with van der Waals surface area (Å²) in [5.41, 5.74) is 2.40. The zero-order valence-electron chi connectivity index (χ0n) is 15.2. The Bertz CT molecular complexity index is 944. The van der Waals surface area contributed by atoms with E-state index in [1.54, 1.807) is 0 Å². The van der Waals surface area contributed by atoms with Crippen molar-refractivity contribution in [2.24, 2.45) is 0 Å². The summed E-state index contributed by atoms with van der Waals surface area (Å²) in [6.07, 6.45) is 6.99. The maximum Gasteiger partial charge on any atom is 0.140 e. The molecule has 138 valence electrons. The summed E-state index contributed by atoms with van der Waals surface area (Å²) in [4.78, 5) is 6.85. The Morgan fingerprint density at radius 3 is 2.67 bits per heavy atom. The normalized spacial score (nSPS) is 17.3. The van der Waals surface area contributed by atoms with Gasteiger partial charge in [-0.1, -0.05) is 23.7 Å². The number of rotatable bonds is 2. The summed E-state index contributed by atoms with van der Waals surface area (Å²) in [5, 5.41) is 10.0. The SMILES string of the molecule is Clc1cccc2c1CCCc1nnc(C3CCN(c4ccccn4)CC3)n1-2. The van der Waals surface area contributed by atoms with Gasteiger partial charge in [-0.2, -0.15) is 0 Å². The van der Waals surface area contributed by atoms with Crippen LogP contribution in [0.15, 0.2) is 42.6 Å². The molecule has 0 amide bonds. The monoisotopic (exact) mass is 379 g/mol. The molecule has 5 nitrogen and oxygen atoms in total. The third-order valence-electron chi connectivity index (χ3n) is 5.75. The van der Waals surface area contributed by atoms with Gasteiger partial charge in [-0.15, -0.1) is 10.2 Å². The number of piperidine rings is 1. The Morgan fingerprint density at radius 1 is 0.963 bits per heavy atom. The van der Waals surface area contributed by atoms with E-state index in [1.807, 2.05) is 30.5 Å². The molecule has 1 saturated heterocycles. The first-order valence-corrected chi connectivity index (χ1v) is 10.1. The highest BCUT2D eigenvalue weighted by Crippen LogP contribution is 2.35. The minimum Gasteiger partial charge on any atom is -0.357 e. The van der Waals surface area contributed by atoms with Gasteiger partial charge in [0.25, 0.3) is 0 Å². The van der Waals surface area contributed by atoms with Crippen molar-refractivity contribution >= 4 is 17.4 Å². The second-order valence-electron chi connectivity index (χ2n) is 7.35. The number of aromatic nitrogens is 4. The first-order valence-electron chi connectivity index (χ1n) is 9.69. The van der Waals surface area contributed by atoms with Crippen LogP contribution in [-0.2, 0) is 12.8 Å². The van der Waals surface area contributed by atoms with Crippen molar-refractivity contribution in [1.82, 2.24) is 19.7 Å². The topological polar surface area (TPSA) is 46.8 Å². The molecule has 0 bridgehead atoms. The Hall–Kier alpha value is -2.40. The number of pyridine rings is 1. The number of aryl methyl sites for hydroxylation is 1. The highest BCUT2D eigenvalue weighted by Gasteiger charge is 2.29. The fourth-order valence-corrected chi connectivity index (χ4v) is 4.62. The van der Waals surface area contributed by atoms with Gasteiger partial charge in [-0.05, 0) is 55.5 Å². The van der Waals surface area contributed by atoms with E-state index in [-0.39, 0.29) is 0 Å². The highest BCUT2D eigenvalue weighted by molar-refractivity contribution is 6.31. The van der Waals surface area contributed by atoms with Gasteiger partial charge in [0.2, 0.25) is 0 Å². The fourth-order valence-electron chi connectivity index (χ4n) is 4.35. The zero-order valence-corrected chi connectivity index (χ0v) is 15.9. The number of hydrogen-bond donors (Lipinski definition) is 0. The Labute approximate surface area is 164 Å². The Balaban J connectivity index is 1.45. The molecule has 0 radical (unpaired) electrons. The van der Waals surface area contributed by atoms with Crippen LogP contribution in [0, 0.1) is 0 Å². The lowest BCUT2D eigenvalue weighted by molar-refractivity contribution is 0.477. The smallest absolute Gasteiger partial charge is 0.140 e. The molecule has 27 heavy (non-hydrogen) atoms. The number of nitrogens with zero attached hydrogens (tertiary/aromatic N) is 5. The van der Waals surface area contributed by atoms with E-state index in [1.165, 1.54) is 11.3 Å². The van der Waals surface area contributed by atoms with Gasteiger partial charge < -0.3 is 4.90 Å². The molecule has 5 rings (SSSR count). The van der Waals surface area contributed by atoms with Crippen LogP contribution < -0.4 is 4.90 Å². The number of anilines is 1. The van der Waals surface area contributed by atoms with Gasteiger partial charge in [-0.25, -0.2) is 4.98 Å². The third kappa shape index (κ3) is 3.00. The summed E-state index contributed by atoms with van der Waals surface area (Å²) in [6.45, 7) is 1.98. The van der Waals surface area contributed by atoms with Crippen molar-refractivity contribution in [3.63, 3.8) is 0 Å². The van der Waals surface area contributed by atoms with E-state index < -0.39 is 0 Å². The summed E-state index contributed by atoms with van der Waals surface area (Å²) in [5.74, 6) is 3.64. The van der Waals surface area contributed by atoms with Gasteiger partial charge in [0.1, 0.15) is 17.5 Å². The van der Waals surface area contributed by atoms with Crippen molar-refractivity contribution in [1.29, 1.82) is 0 Å². The molecule has 0 N–H and O–H groups in total. The van der Waals surface area contributed by atoms with Crippen LogP contribution >= 0.6 is 11.6 Å². The molecule has 3 aromatic rings. The molecule has 2 aliphatic rings. The van der Waals surface area contributed by atoms with Crippen molar-refractivity contribution in [3.05, 3.63) is 64.8 Å². The molecule has 0 spiro atoms. The van der Waals surface area contributed by atoms with Crippen LogP contribution in [0.1, 0.15) is 42.4 Å². The van der Waals surface area contributed by atoms with Crippen molar-refractivity contribution < 1.29 is 0 Å². The minimum absolute atomic E-state index is 0.413. The van der Waals surface area contributed by atoms with Gasteiger partial charge in [-0.3, -0.25) is 4.57 Å². The molecule has 2 aliphatic heterocycles. The quantitative estimate of drug-likeness (QED) is 0.669. The number of fused-ring (bicyclic) bond motifs is 3. The maximum absolute atomic E-state index is 6.51. The Morgan fingerprint density at radius 2 is 1.85 bits per heavy atom. The second kappa shape index (κ2) is 6.97. The van der Waals surface area contributed by atoms with E-state index in [2.05, 4.69) is 36.8 Å². The van der Waals surface area contributed by atoms with Crippen LogP contribution in [0.2, 0.25) is 5.02 Å². The standard InChI is InChI=1S/C21H22ClN5/c22-17-6-4-7-18-16(17)5-3-9-20-24-25-21(27(18)20)15-10-13-26(14-11-15)19-8-1-2-12-23-19/h1-2,4,6-8,12,15H,3,5,9-11,13-14H2. The molecule has 0 saturated carbocycles. The highest BCUT2D eigenvalue weighted by atomic mass is 35.5. The molecule has 6 heteroatoms. The maximum atomic E-state index is 6.51. The van der Waals surface area contributed by atoms with Crippen molar-refractivity contribution in [3.8, 4) is 5.69 Å². The molecule has 0 unspecified atom stereocenters. The number of benzene rings is 1. The van der Waals surface area contributed by atoms with E-state index in [9.17, 15) is 0 Å². The molecule has 0 atom stereocenters. The summed E-state index contributed by atoms with van der Waals surface area (Å²) < 4.78 is 2.29. The second-order valence-corrected chi connectivity index (χ2v) is 7.76. The molecular formula is C21H22ClN5. The molecule has 1 aromatic carbocycles. The third-order valence-corrected chi connectivity index (χ3v) is 6.10. The lowest BCUT2D eigenvalue weighted by Gasteiger charge is -2.32. The summed E-state index contributed by atoms with van der Waals surface area (Å²) in [7, 11) is 0. The average molecular weight is 380 g/mol. The zero-order chi connectivity index (χ0) is 18.2. The van der Waals surface area contributed by atoms with Gasteiger partial charge in [0, 0.05) is 36.6 Å². The van der Waals surface area contributed by atoms with Gasteiger partial charge in [0.05, 0.1) is 5.69 Å². The largest absolute Gasteiger partial charge is 0.357 e. The number of hydrogen-bond acceptors (Lipinski definition) is 4. The molecule has 2 aromatic heterocycles. The van der Waals surface area contributed by atoms with Crippen molar-refractivity contribution in [2.75, 3.05) is 18.0 Å². The summed E-state index contributed by atoms with van der Waals surface area (Å²) >= 11 is 6.51. The van der Waals surface area contributed by atoms with Crippen LogP contribution in [0.5, 0.6) is 0 Å². The van der Waals surface area contributed by atoms with Gasteiger partial charge in [0.15, 0.2) is 0 Å². The first kappa shape index (κ1) is 16.8. The van der Waals surface area contributed by atoms with E-state index >= 15 is 0 Å². The van der Waals surface area contributed by atoms with Crippen LogP contribution in [0.4, 0.5) is 5.82 Å². The molecule has 0 aliphatic carbocycles. The van der Waals surface area contributed by atoms with E-state index in [0.717, 1.165) is 67.7 Å². The summed E-state index contributed by atoms with van der Waals surface area (Å²) in [6, 6.07) is 12.3. The van der Waals surface area contributed by atoms with Crippen LogP contribution in [0.3, 0.4) is 0 Å². The van der Waals surface area contributed by atoms with Gasteiger partial charge >= 0.3 is 0 Å². The number of halogens is 1.